The zero-order chi connectivity index (χ0) is 21.4. The van der Waals surface area contributed by atoms with E-state index in [0.717, 1.165) is 6.07 Å². The number of hydrogen-bond acceptors (Lipinski definition) is 6. The van der Waals surface area contributed by atoms with Gasteiger partial charge in [0.15, 0.2) is 0 Å². The number of carboxylic acids is 1. The van der Waals surface area contributed by atoms with Gasteiger partial charge >= 0.3 is 5.97 Å². The normalized spacial score (nSPS) is 12.4. The van der Waals surface area contributed by atoms with Crippen LogP contribution in [0.5, 0.6) is 0 Å². The van der Waals surface area contributed by atoms with Crippen molar-refractivity contribution >= 4 is 23.5 Å². The van der Waals surface area contributed by atoms with Crippen LogP contribution in [0, 0.1) is 16.0 Å². The highest BCUT2D eigenvalue weighted by molar-refractivity contribution is 5.97. The third kappa shape index (κ3) is 5.83. The highest BCUT2D eigenvalue weighted by Gasteiger charge is 2.29. The van der Waals surface area contributed by atoms with E-state index in [9.17, 15) is 29.6 Å². The Kier molecular flexibility index (Phi) is 7.35. The molecule has 152 valence electrons. The van der Waals surface area contributed by atoms with Crippen LogP contribution in [0.2, 0.25) is 0 Å². The minimum Gasteiger partial charge on any atom is -0.481 e. The molecule has 0 fully saturated rings. The van der Waals surface area contributed by atoms with Crippen LogP contribution in [-0.4, -0.2) is 39.3 Å². The maximum Gasteiger partial charge on any atom is 0.308 e. The van der Waals surface area contributed by atoms with Crippen molar-refractivity contribution in [2.24, 2.45) is 5.92 Å². The first-order valence-corrected chi connectivity index (χ1v) is 8.78. The Balaban J connectivity index is 2.06. The van der Waals surface area contributed by atoms with Crippen molar-refractivity contribution < 1.29 is 24.4 Å². The predicted molar refractivity (Wildman–Crippen MR) is 102 cm³/mol. The Morgan fingerprint density at radius 2 is 2.00 bits per heavy atom. The minimum atomic E-state index is -1.07. The molecule has 10 nitrogen and oxygen atoms in total. The third-order valence-electron chi connectivity index (χ3n) is 4.25. The molecule has 3 N–H and O–H groups in total. The van der Waals surface area contributed by atoms with Crippen LogP contribution in [0.1, 0.15) is 35.3 Å². The van der Waals surface area contributed by atoms with Crippen LogP contribution < -0.4 is 10.6 Å². The molecule has 0 radical (unpaired) electrons. The first-order chi connectivity index (χ1) is 13.8. The number of pyridine rings is 1. The maximum atomic E-state index is 12.3. The Morgan fingerprint density at radius 1 is 1.24 bits per heavy atom. The van der Waals surface area contributed by atoms with E-state index in [1.165, 1.54) is 30.6 Å². The van der Waals surface area contributed by atoms with E-state index in [-0.39, 0.29) is 17.7 Å². The van der Waals surface area contributed by atoms with Crippen LogP contribution in [0.3, 0.4) is 0 Å². The second-order valence-corrected chi connectivity index (χ2v) is 6.17. The van der Waals surface area contributed by atoms with Crippen LogP contribution >= 0.6 is 0 Å². The Bertz CT molecular complexity index is 903. The molecule has 29 heavy (non-hydrogen) atoms. The molecule has 2 unspecified atom stereocenters. The average molecular weight is 400 g/mol. The van der Waals surface area contributed by atoms with Gasteiger partial charge in [0.2, 0.25) is 5.91 Å². The number of nitrogens with one attached hydrogen (secondary N) is 2. The minimum absolute atomic E-state index is 0.0350. The van der Waals surface area contributed by atoms with Gasteiger partial charge < -0.3 is 15.7 Å². The third-order valence-corrected chi connectivity index (χ3v) is 4.25. The fraction of sp³-hybridized carbons (Fsp3) is 0.263. The summed E-state index contributed by atoms with van der Waals surface area (Å²) in [6.45, 7) is 1.27. The number of nitrogens with zero attached hydrogens (tertiary/aromatic N) is 2. The number of rotatable bonds is 9. The Morgan fingerprint density at radius 3 is 2.59 bits per heavy atom. The standard InChI is InChI=1S/C19H20N4O6/c1-2-15(19(26)27)17(13-6-4-8-20-10-13)22-16(24)11-21-18(25)12-5-3-7-14(9-12)23(28)29/h3-10,15,17H,2,11H2,1H3,(H,21,25)(H,22,24)(H,26,27). The van der Waals surface area contributed by atoms with Crippen molar-refractivity contribution in [2.45, 2.75) is 19.4 Å². The van der Waals surface area contributed by atoms with Gasteiger partial charge in [0.05, 0.1) is 23.4 Å². The number of nitro benzene ring substituents is 1. The SMILES string of the molecule is CCC(C(=O)O)C(NC(=O)CNC(=O)c1cccc([N+](=O)[O-])c1)c1cccnc1. The van der Waals surface area contributed by atoms with E-state index in [1.54, 1.807) is 19.1 Å². The molecule has 0 bridgehead atoms. The van der Waals surface area contributed by atoms with Gasteiger partial charge in [-0.15, -0.1) is 0 Å². The number of nitro groups is 1. The number of benzene rings is 1. The van der Waals surface area contributed by atoms with Crippen molar-refractivity contribution in [3.05, 3.63) is 70.0 Å². The zero-order valence-corrected chi connectivity index (χ0v) is 15.6. The highest BCUT2D eigenvalue weighted by atomic mass is 16.6. The van der Waals surface area contributed by atoms with E-state index in [0.29, 0.717) is 5.56 Å². The number of carboxylic acid groups (broad SMARTS) is 1. The summed E-state index contributed by atoms with van der Waals surface area (Å²) in [4.78, 5) is 50.2. The lowest BCUT2D eigenvalue weighted by Crippen LogP contribution is -2.42. The smallest absolute Gasteiger partial charge is 0.308 e. The van der Waals surface area contributed by atoms with Crippen molar-refractivity contribution in [2.75, 3.05) is 6.54 Å². The van der Waals surface area contributed by atoms with Gasteiger partial charge in [-0.2, -0.15) is 0 Å². The number of non-ortho nitro benzene ring substituents is 1. The number of amides is 2. The van der Waals surface area contributed by atoms with Crippen LogP contribution in [-0.2, 0) is 9.59 Å². The number of carbonyl (C=O) groups excluding carboxylic acids is 2. The molecule has 2 amide bonds. The molecule has 10 heteroatoms. The largest absolute Gasteiger partial charge is 0.481 e. The van der Waals surface area contributed by atoms with Gasteiger partial charge in [0.25, 0.3) is 11.6 Å². The first-order valence-electron chi connectivity index (χ1n) is 8.78. The number of carbonyl (C=O) groups is 3. The molecule has 2 aromatic rings. The van der Waals surface area contributed by atoms with Gasteiger partial charge in [-0.1, -0.05) is 19.1 Å². The van der Waals surface area contributed by atoms with E-state index in [2.05, 4.69) is 15.6 Å². The van der Waals surface area contributed by atoms with E-state index in [4.69, 9.17) is 0 Å². The first kappa shape index (κ1) is 21.5. The summed E-state index contributed by atoms with van der Waals surface area (Å²) in [6, 6.07) is 7.56. The molecule has 0 saturated carbocycles. The quantitative estimate of drug-likeness (QED) is 0.428. The lowest BCUT2D eigenvalue weighted by atomic mass is 9.91. The topological polar surface area (TPSA) is 152 Å². The molecule has 1 aromatic heterocycles. The molecule has 2 atom stereocenters. The maximum absolute atomic E-state index is 12.3. The Hall–Kier alpha value is -3.82. The summed E-state index contributed by atoms with van der Waals surface area (Å²) in [5.74, 6) is -3.21. The molecule has 0 spiro atoms. The summed E-state index contributed by atoms with van der Waals surface area (Å²) in [6.07, 6.45) is 3.27. The van der Waals surface area contributed by atoms with Crippen molar-refractivity contribution in [3.63, 3.8) is 0 Å². The fourth-order valence-corrected chi connectivity index (χ4v) is 2.78. The monoisotopic (exact) mass is 400 g/mol. The number of aromatic nitrogens is 1. The molecule has 1 aromatic carbocycles. The molecule has 0 aliphatic rings. The molecule has 0 saturated heterocycles. The summed E-state index contributed by atoms with van der Waals surface area (Å²) in [5, 5.41) is 25.3. The summed E-state index contributed by atoms with van der Waals surface area (Å²) in [5.41, 5.74) is 0.318. The molecule has 0 aliphatic carbocycles. The number of hydrogen-bond donors (Lipinski definition) is 3. The molecule has 1 heterocycles. The van der Waals surface area contributed by atoms with Gasteiger partial charge in [-0.25, -0.2) is 0 Å². The predicted octanol–water partition coefficient (Wildman–Crippen LogP) is 1.69. The second-order valence-electron chi connectivity index (χ2n) is 6.17. The molecule has 0 aliphatic heterocycles. The molecular weight excluding hydrogens is 380 g/mol. The zero-order valence-electron chi connectivity index (χ0n) is 15.6. The van der Waals surface area contributed by atoms with Crippen LogP contribution in [0.15, 0.2) is 48.8 Å². The van der Waals surface area contributed by atoms with Crippen LogP contribution in [0.25, 0.3) is 0 Å². The Labute approximate surface area is 166 Å². The lowest BCUT2D eigenvalue weighted by Gasteiger charge is -2.24. The average Bonchev–Trinajstić information content (AvgIpc) is 2.72. The van der Waals surface area contributed by atoms with Crippen molar-refractivity contribution in [1.29, 1.82) is 0 Å². The van der Waals surface area contributed by atoms with E-state index in [1.807, 2.05) is 0 Å². The van der Waals surface area contributed by atoms with Crippen molar-refractivity contribution in [1.82, 2.24) is 15.6 Å². The van der Waals surface area contributed by atoms with Gasteiger partial charge in [0.1, 0.15) is 0 Å². The second kappa shape index (κ2) is 9.93. The molecular formula is C19H20N4O6. The van der Waals surface area contributed by atoms with Gasteiger partial charge in [-0.05, 0) is 24.1 Å². The summed E-state index contributed by atoms with van der Waals surface area (Å²) in [7, 11) is 0. The van der Waals surface area contributed by atoms with Crippen molar-refractivity contribution in [3.8, 4) is 0 Å². The van der Waals surface area contributed by atoms with Gasteiger partial charge in [0, 0.05) is 30.1 Å². The van der Waals surface area contributed by atoms with Crippen LogP contribution in [0.4, 0.5) is 5.69 Å². The summed E-state index contributed by atoms with van der Waals surface area (Å²) >= 11 is 0. The fourth-order valence-electron chi connectivity index (χ4n) is 2.78. The van der Waals surface area contributed by atoms with E-state index >= 15 is 0 Å². The number of aliphatic carboxylic acids is 1. The van der Waals surface area contributed by atoms with E-state index < -0.39 is 41.2 Å². The lowest BCUT2D eigenvalue weighted by molar-refractivity contribution is -0.384. The highest BCUT2D eigenvalue weighted by Crippen LogP contribution is 2.24. The summed E-state index contributed by atoms with van der Waals surface area (Å²) < 4.78 is 0. The van der Waals surface area contributed by atoms with Gasteiger partial charge in [-0.3, -0.25) is 29.5 Å². The molecule has 2 rings (SSSR count).